The molecule has 3 amide bonds. The smallest absolute Gasteiger partial charge is 0.384 e. The number of hydrogen-bond donors (Lipinski definition) is 3. The van der Waals surface area contributed by atoms with Crippen LogP contribution in [0.1, 0.15) is 55.8 Å². The van der Waals surface area contributed by atoms with E-state index in [0.29, 0.717) is 68.7 Å². The highest BCUT2D eigenvalue weighted by Crippen LogP contribution is 2.41. The number of benzene rings is 2. The number of amides is 3. The van der Waals surface area contributed by atoms with E-state index in [4.69, 9.17) is 4.98 Å². The van der Waals surface area contributed by atoms with Crippen molar-refractivity contribution in [2.75, 3.05) is 72.4 Å². The van der Waals surface area contributed by atoms with E-state index in [1.54, 1.807) is 32.5 Å². The zero-order chi connectivity index (χ0) is 46.8. The number of carbonyl (C=O) groups excluding carboxylic acids is 2. The molecule has 0 bridgehead atoms. The Balaban J connectivity index is 0.792. The molecular weight excluding hydrogens is 868 g/mol. The molecule has 3 N–H and O–H groups in total. The van der Waals surface area contributed by atoms with Crippen molar-refractivity contribution in [2.24, 2.45) is 13.0 Å². The number of nitrogens with zero attached hydrogens (tertiary/aromatic N) is 11. The molecule has 0 radical (unpaired) electrons. The molecule has 17 nitrogen and oxygen atoms in total. The summed E-state index contributed by atoms with van der Waals surface area (Å²) in [6.45, 7) is 10.9. The van der Waals surface area contributed by atoms with E-state index in [1.165, 1.54) is 21.8 Å². The minimum Gasteiger partial charge on any atom is -0.384 e. The van der Waals surface area contributed by atoms with Crippen molar-refractivity contribution in [3.05, 3.63) is 94.6 Å². The lowest BCUT2D eigenvalue weighted by Crippen LogP contribution is -2.49. The Morgan fingerprint density at radius 3 is 2.46 bits per heavy atom. The van der Waals surface area contributed by atoms with E-state index in [2.05, 4.69) is 54.2 Å². The van der Waals surface area contributed by atoms with E-state index < -0.39 is 23.4 Å². The van der Waals surface area contributed by atoms with Gasteiger partial charge in [-0.1, -0.05) is 19.1 Å². The second-order valence-electron chi connectivity index (χ2n) is 18.0. The fourth-order valence-corrected chi connectivity index (χ4v) is 10.2. The van der Waals surface area contributed by atoms with Gasteiger partial charge in [-0.25, -0.2) is 24.1 Å². The maximum absolute atomic E-state index is 14.8. The van der Waals surface area contributed by atoms with Gasteiger partial charge in [-0.3, -0.25) is 29.4 Å². The second kappa shape index (κ2) is 17.1. The number of halogens is 3. The number of imide groups is 1. The first kappa shape index (κ1) is 44.1. The third-order valence-electron chi connectivity index (χ3n) is 13.9. The number of carbonyl (C=O) groups is 2. The molecule has 0 spiro atoms. The minimum atomic E-state index is -4.64. The molecule has 3 aliphatic heterocycles. The Morgan fingerprint density at radius 2 is 1.73 bits per heavy atom. The Bertz CT molecular complexity index is 2980. The topological polar surface area (TPSA) is 175 Å². The summed E-state index contributed by atoms with van der Waals surface area (Å²) in [5.41, 5.74) is 1.65. The summed E-state index contributed by atoms with van der Waals surface area (Å²) in [4.78, 5) is 59.6. The molecule has 6 aromatic rings. The number of piperidine rings is 1. The number of hydrogen-bond acceptors (Lipinski definition) is 12. The summed E-state index contributed by atoms with van der Waals surface area (Å²) < 4.78 is 49.1. The molecule has 1 aliphatic carbocycles. The third-order valence-corrected chi connectivity index (χ3v) is 13.9. The van der Waals surface area contributed by atoms with Crippen LogP contribution in [-0.4, -0.2) is 108 Å². The second-order valence-corrected chi connectivity index (χ2v) is 18.0. The number of rotatable bonds is 11. The lowest BCUT2D eigenvalue weighted by atomic mass is 9.95. The van der Waals surface area contributed by atoms with Gasteiger partial charge in [0.05, 0.1) is 23.3 Å². The van der Waals surface area contributed by atoms with Crippen molar-refractivity contribution in [2.45, 2.75) is 63.8 Å². The molecule has 10 rings (SSSR count). The van der Waals surface area contributed by atoms with Crippen molar-refractivity contribution in [3.63, 3.8) is 0 Å². The van der Waals surface area contributed by atoms with E-state index in [-0.39, 0.29) is 59.3 Å². The van der Waals surface area contributed by atoms with Gasteiger partial charge in [0.2, 0.25) is 11.9 Å². The highest BCUT2D eigenvalue weighted by molar-refractivity contribution is 6.09. The van der Waals surface area contributed by atoms with Gasteiger partial charge in [0.15, 0.2) is 17.3 Å². The van der Waals surface area contributed by atoms with Crippen LogP contribution in [0, 0.1) is 5.92 Å². The van der Waals surface area contributed by atoms with E-state index in [0.717, 1.165) is 60.7 Å². The lowest BCUT2D eigenvalue weighted by Gasteiger charge is -2.40. The first-order chi connectivity index (χ1) is 32.2. The molecule has 2 aromatic carbocycles. The van der Waals surface area contributed by atoms with Crippen LogP contribution >= 0.6 is 0 Å². The summed E-state index contributed by atoms with van der Waals surface area (Å²) in [6.07, 6.45) is 2.16. The first-order valence-corrected chi connectivity index (χ1v) is 22.8. The fourth-order valence-electron chi connectivity index (χ4n) is 10.2. The van der Waals surface area contributed by atoms with Crippen LogP contribution in [0.25, 0.3) is 27.8 Å². The maximum Gasteiger partial charge on any atom is 0.418 e. The standard InChI is InChI=1S/C47H52F3N13O4/c1-4-17-62-43(65)34-27-51-44(55-41(34)63(62)38-11-6-30-12-16-46(67,5-2)40(30)53-38)52-31-7-10-36(35(25-31)47(48,49)50)60-23-21-58(22-24-60)28-29-13-18-59(19-14-29)32-8-9-33-37(26-32)57(3)56-42(33)61-20-15-39(64)54-45(61)66/h4,6-11,25-27,29,67H,1,5,12-24,28H2,2-3H3,(H,51,52,55)(H,54,64,66)/t46-/m1/s1. The predicted octanol–water partition coefficient (Wildman–Crippen LogP) is 5.84. The van der Waals surface area contributed by atoms with E-state index in [9.17, 15) is 32.7 Å². The van der Waals surface area contributed by atoms with Crippen LogP contribution in [0.4, 0.5) is 46.8 Å². The van der Waals surface area contributed by atoms with Crippen molar-refractivity contribution in [1.82, 2.24) is 44.3 Å². The number of pyridine rings is 1. The zero-order valence-corrected chi connectivity index (χ0v) is 37.4. The summed E-state index contributed by atoms with van der Waals surface area (Å²) in [5.74, 6) is 1.05. The zero-order valence-electron chi connectivity index (χ0n) is 37.4. The van der Waals surface area contributed by atoms with Gasteiger partial charge in [0, 0.05) is 94.5 Å². The maximum atomic E-state index is 14.8. The number of allylic oxidation sites excluding steroid dienone is 1. The van der Waals surface area contributed by atoms with Crippen molar-refractivity contribution in [3.8, 4) is 5.82 Å². The van der Waals surface area contributed by atoms with Gasteiger partial charge >= 0.3 is 12.2 Å². The average molecular weight is 920 g/mol. The molecular formula is C47H52F3N13O4. The number of aromatic nitrogens is 7. The number of aryl methyl sites for hydroxylation is 2. The molecule has 3 fully saturated rings. The molecule has 0 unspecified atom stereocenters. The van der Waals surface area contributed by atoms with Gasteiger partial charge < -0.3 is 20.2 Å². The van der Waals surface area contributed by atoms with Gasteiger partial charge in [-0.15, -0.1) is 6.58 Å². The molecule has 4 aliphatic rings. The number of urea groups is 1. The van der Waals surface area contributed by atoms with Crippen LogP contribution < -0.4 is 30.9 Å². The molecule has 20 heteroatoms. The average Bonchev–Trinajstić information content (AvgIpc) is 3.93. The Hall–Kier alpha value is -6.80. The molecule has 3 saturated heterocycles. The predicted molar refractivity (Wildman–Crippen MR) is 248 cm³/mol. The van der Waals surface area contributed by atoms with Crippen molar-refractivity contribution in [1.29, 1.82) is 0 Å². The fraction of sp³-hybridized carbons (Fsp3) is 0.426. The summed E-state index contributed by atoms with van der Waals surface area (Å²) in [5, 5.41) is 22.2. The largest absolute Gasteiger partial charge is 0.418 e. The van der Waals surface area contributed by atoms with E-state index >= 15 is 0 Å². The quantitative estimate of drug-likeness (QED) is 0.133. The van der Waals surface area contributed by atoms with Crippen molar-refractivity contribution < 1.29 is 27.9 Å². The molecule has 0 saturated carbocycles. The van der Waals surface area contributed by atoms with Crippen molar-refractivity contribution >= 4 is 62.7 Å². The highest BCUT2D eigenvalue weighted by atomic mass is 19.4. The number of piperazine rings is 1. The molecule has 7 heterocycles. The van der Waals surface area contributed by atoms with Crippen LogP contribution in [0.3, 0.4) is 0 Å². The Labute approximate surface area is 383 Å². The highest BCUT2D eigenvalue weighted by Gasteiger charge is 2.38. The third kappa shape index (κ3) is 8.15. The Morgan fingerprint density at radius 1 is 0.940 bits per heavy atom. The summed E-state index contributed by atoms with van der Waals surface area (Å²) in [7, 11) is 1.84. The number of fused-ring (bicyclic) bond motifs is 3. The van der Waals surface area contributed by atoms with Crippen LogP contribution in [-0.2, 0) is 36.6 Å². The molecule has 1 atom stereocenters. The van der Waals surface area contributed by atoms with Crippen LogP contribution in [0.5, 0.6) is 0 Å². The minimum absolute atomic E-state index is 0.00276. The summed E-state index contributed by atoms with van der Waals surface area (Å²) >= 11 is 0. The van der Waals surface area contributed by atoms with Gasteiger partial charge in [-0.05, 0) is 86.1 Å². The van der Waals surface area contributed by atoms with Gasteiger partial charge in [-0.2, -0.15) is 23.3 Å². The molecule has 350 valence electrons. The SMILES string of the molecule is C=CCn1c(=O)c2cnc(Nc3ccc(N4CCN(CC5CCN(c6ccc7c(N8CCC(=O)NC8=O)nn(C)c7c6)CC5)CC4)c(C(F)(F)F)c3)nc2n1-c1ccc2c(n1)[C@@](O)(CC)CC2. The normalized spacial score (nSPS) is 19.7. The first-order valence-electron chi connectivity index (χ1n) is 22.8. The molecule has 67 heavy (non-hydrogen) atoms. The van der Waals surface area contributed by atoms with Crippen LogP contribution in [0.15, 0.2) is 72.2 Å². The van der Waals surface area contributed by atoms with Gasteiger partial charge in [0.1, 0.15) is 11.0 Å². The summed E-state index contributed by atoms with van der Waals surface area (Å²) in [6, 6.07) is 13.5. The number of anilines is 5. The van der Waals surface area contributed by atoms with E-state index in [1.807, 2.05) is 26.1 Å². The Kier molecular flexibility index (Phi) is 11.3. The molecule has 4 aromatic heterocycles. The number of aliphatic hydroxyl groups is 1. The number of alkyl halides is 3. The van der Waals surface area contributed by atoms with Crippen LogP contribution in [0.2, 0.25) is 0 Å². The monoisotopic (exact) mass is 919 g/mol. The number of nitrogens with one attached hydrogen (secondary N) is 2. The lowest BCUT2D eigenvalue weighted by molar-refractivity contribution is -0.137. The van der Waals surface area contributed by atoms with Gasteiger partial charge in [0.25, 0.3) is 5.56 Å².